The van der Waals surface area contributed by atoms with Crippen molar-refractivity contribution in [2.24, 2.45) is 0 Å². The van der Waals surface area contributed by atoms with Crippen LogP contribution in [-0.2, 0) is 4.79 Å². The molecule has 0 radical (unpaired) electrons. The van der Waals surface area contributed by atoms with Crippen LogP contribution in [0.2, 0.25) is 0 Å². The first kappa shape index (κ1) is 19.9. The highest BCUT2D eigenvalue weighted by atomic mass is 16.5. The monoisotopic (exact) mass is 385 g/mol. The van der Waals surface area contributed by atoms with Gasteiger partial charge in [0.15, 0.2) is 6.10 Å². The number of carboxylic acid groups (broad SMARTS) is 1. The van der Waals surface area contributed by atoms with E-state index in [0.29, 0.717) is 25.2 Å². The van der Waals surface area contributed by atoms with Crippen LogP contribution in [0.25, 0.3) is 0 Å². The summed E-state index contributed by atoms with van der Waals surface area (Å²) in [6.45, 7) is 6.92. The van der Waals surface area contributed by atoms with Gasteiger partial charge in [0.1, 0.15) is 11.3 Å². The molecule has 1 amide bonds. The molecule has 0 bridgehead atoms. The minimum absolute atomic E-state index is 0.00705. The Bertz CT molecular complexity index is 853. The van der Waals surface area contributed by atoms with Gasteiger partial charge in [-0.05, 0) is 44.7 Å². The Hall–Kier alpha value is -2.83. The molecule has 3 rings (SSSR count). The summed E-state index contributed by atoms with van der Waals surface area (Å²) < 4.78 is 7.78. The number of aromatic carboxylic acids is 1. The van der Waals surface area contributed by atoms with Crippen molar-refractivity contribution in [3.63, 3.8) is 0 Å². The Balaban J connectivity index is 1.62. The van der Waals surface area contributed by atoms with Crippen LogP contribution < -0.4 is 4.74 Å². The van der Waals surface area contributed by atoms with Crippen LogP contribution in [0, 0.1) is 13.8 Å². The smallest absolute Gasteiger partial charge is 0.339 e. The quantitative estimate of drug-likeness (QED) is 0.825. The molecule has 2 heterocycles. The number of likely N-dealkylation sites (tertiary alicyclic amines) is 1. The standard InChI is InChI=1S/C21H27N3O4/c1-4-18(28-19-8-6-5-7-14(19)2)20(25)23-11-9-16(10-12-23)24-15(3)17(13-22-24)21(26)27/h5-8,13,16,18H,4,9-12H2,1-3H3,(H,26,27). The second-order valence-corrected chi connectivity index (χ2v) is 7.23. The van der Waals surface area contributed by atoms with E-state index < -0.39 is 12.1 Å². The molecule has 0 aliphatic carbocycles. The van der Waals surface area contributed by atoms with Crippen LogP contribution in [0.4, 0.5) is 0 Å². The van der Waals surface area contributed by atoms with Crippen LogP contribution in [0.5, 0.6) is 5.75 Å². The number of ether oxygens (including phenoxy) is 1. The summed E-state index contributed by atoms with van der Waals surface area (Å²) in [5, 5.41) is 13.5. The van der Waals surface area contributed by atoms with E-state index in [-0.39, 0.29) is 17.5 Å². The lowest BCUT2D eigenvalue weighted by Crippen LogP contribution is -2.46. The van der Waals surface area contributed by atoms with Crippen molar-refractivity contribution in [1.29, 1.82) is 0 Å². The highest BCUT2D eigenvalue weighted by Crippen LogP contribution is 2.26. The molecule has 2 aromatic rings. The Morgan fingerprint density at radius 2 is 1.93 bits per heavy atom. The van der Waals surface area contributed by atoms with Crippen LogP contribution in [-0.4, -0.2) is 50.9 Å². The first-order chi connectivity index (χ1) is 13.4. The topological polar surface area (TPSA) is 84.7 Å². The van der Waals surface area contributed by atoms with E-state index in [0.717, 1.165) is 24.2 Å². The van der Waals surface area contributed by atoms with Crippen molar-refractivity contribution in [3.05, 3.63) is 47.3 Å². The third-order valence-corrected chi connectivity index (χ3v) is 5.41. The summed E-state index contributed by atoms with van der Waals surface area (Å²) in [5.41, 5.74) is 1.90. The first-order valence-electron chi connectivity index (χ1n) is 9.70. The van der Waals surface area contributed by atoms with Crippen molar-refractivity contribution in [3.8, 4) is 5.75 Å². The number of para-hydroxylation sites is 1. The van der Waals surface area contributed by atoms with Gasteiger partial charge in [-0.3, -0.25) is 9.48 Å². The number of aromatic nitrogens is 2. The molecule has 0 spiro atoms. The van der Waals surface area contributed by atoms with Gasteiger partial charge in [-0.25, -0.2) is 4.79 Å². The Kier molecular flexibility index (Phi) is 6.02. The predicted octanol–water partition coefficient (Wildman–Crippen LogP) is 3.22. The Labute approximate surface area is 164 Å². The van der Waals surface area contributed by atoms with Crippen molar-refractivity contribution in [2.45, 2.75) is 52.2 Å². The molecule has 1 N–H and O–H groups in total. The first-order valence-corrected chi connectivity index (χ1v) is 9.70. The molecule has 1 aliphatic heterocycles. The van der Waals surface area contributed by atoms with E-state index in [2.05, 4.69) is 5.10 Å². The Morgan fingerprint density at radius 3 is 2.50 bits per heavy atom. The Morgan fingerprint density at radius 1 is 1.25 bits per heavy atom. The van der Waals surface area contributed by atoms with E-state index in [1.165, 1.54) is 6.20 Å². The van der Waals surface area contributed by atoms with Crippen LogP contribution in [0.3, 0.4) is 0 Å². The number of amides is 1. The predicted molar refractivity (Wildman–Crippen MR) is 105 cm³/mol. The molecular weight excluding hydrogens is 358 g/mol. The zero-order valence-corrected chi connectivity index (χ0v) is 16.6. The minimum atomic E-state index is -0.962. The van der Waals surface area contributed by atoms with Crippen molar-refractivity contribution in [1.82, 2.24) is 14.7 Å². The fourth-order valence-electron chi connectivity index (χ4n) is 3.69. The average molecular weight is 385 g/mol. The summed E-state index contributed by atoms with van der Waals surface area (Å²) in [6.07, 6.45) is 3.00. The lowest BCUT2D eigenvalue weighted by molar-refractivity contribution is -0.140. The highest BCUT2D eigenvalue weighted by Gasteiger charge is 2.30. The summed E-state index contributed by atoms with van der Waals surface area (Å²) in [7, 11) is 0. The number of rotatable bonds is 6. The molecule has 1 unspecified atom stereocenters. The van der Waals surface area contributed by atoms with E-state index in [1.54, 1.807) is 11.6 Å². The van der Waals surface area contributed by atoms with Gasteiger partial charge in [-0.1, -0.05) is 25.1 Å². The van der Waals surface area contributed by atoms with Gasteiger partial charge in [-0.15, -0.1) is 0 Å². The lowest BCUT2D eigenvalue weighted by atomic mass is 10.0. The third kappa shape index (κ3) is 4.03. The third-order valence-electron chi connectivity index (χ3n) is 5.41. The zero-order chi connectivity index (χ0) is 20.3. The second-order valence-electron chi connectivity index (χ2n) is 7.23. The number of hydrogen-bond acceptors (Lipinski definition) is 4. The number of piperidine rings is 1. The molecule has 0 saturated carbocycles. The summed E-state index contributed by atoms with van der Waals surface area (Å²) in [5.74, 6) is -0.214. The number of aryl methyl sites for hydroxylation is 1. The van der Waals surface area contributed by atoms with Gasteiger partial charge in [-0.2, -0.15) is 5.10 Å². The van der Waals surface area contributed by atoms with Crippen molar-refractivity contribution >= 4 is 11.9 Å². The maximum atomic E-state index is 12.9. The van der Waals surface area contributed by atoms with Gasteiger partial charge in [0.2, 0.25) is 0 Å². The molecular formula is C21H27N3O4. The minimum Gasteiger partial charge on any atom is -0.480 e. The van der Waals surface area contributed by atoms with Crippen LogP contribution >= 0.6 is 0 Å². The normalized spacial score (nSPS) is 16.0. The molecule has 1 aliphatic rings. The van der Waals surface area contributed by atoms with Crippen molar-refractivity contribution in [2.75, 3.05) is 13.1 Å². The molecule has 150 valence electrons. The fourth-order valence-corrected chi connectivity index (χ4v) is 3.69. The zero-order valence-electron chi connectivity index (χ0n) is 16.6. The molecule has 1 saturated heterocycles. The van der Waals surface area contributed by atoms with E-state index in [4.69, 9.17) is 4.74 Å². The molecule has 7 heteroatoms. The van der Waals surface area contributed by atoms with Gasteiger partial charge < -0.3 is 14.7 Å². The van der Waals surface area contributed by atoms with Crippen molar-refractivity contribution < 1.29 is 19.4 Å². The number of carbonyl (C=O) groups is 2. The van der Waals surface area contributed by atoms with Gasteiger partial charge >= 0.3 is 5.97 Å². The lowest BCUT2D eigenvalue weighted by Gasteiger charge is -2.34. The number of hydrogen-bond donors (Lipinski definition) is 1. The molecule has 28 heavy (non-hydrogen) atoms. The molecule has 1 aromatic heterocycles. The summed E-state index contributed by atoms with van der Waals surface area (Å²) in [6, 6.07) is 7.81. The SMILES string of the molecule is CCC(Oc1ccccc1C)C(=O)N1CCC(n2ncc(C(=O)O)c2C)CC1. The number of benzene rings is 1. The van der Waals surface area contributed by atoms with Gasteiger partial charge in [0, 0.05) is 13.1 Å². The average Bonchev–Trinajstić information content (AvgIpc) is 3.08. The number of carboxylic acids is 1. The van der Waals surface area contributed by atoms with Gasteiger partial charge in [0.05, 0.1) is 17.9 Å². The number of nitrogens with zero attached hydrogens (tertiary/aromatic N) is 3. The largest absolute Gasteiger partial charge is 0.480 e. The molecule has 1 aromatic carbocycles. The maximum Gasteiger partial charge on any atom is 0.339 e. The molecule has 1 atom stereocenters. The van der Waals surface area contributed by atoms with E-state index in [1.807, 2.05) is 43.0 Å². The van der Waals surface area contributed by atoms with Crippen LogP contribution in [0.15, 0.2) is 30.5 Å². The van der Waals surface area contributed by atoms with Gasteiger partial charge in [0.25, 0.3) is 5.91 Å². The van der Waals surface area contributed by atoms with Crippen LogP contribution in [0.1, 0.15) is 53.8 Å². The molecule has 1 fully saturated rings. The maximum absolute atomic E-state index is 12.9. The summed E-state index contributed by atoms with van der Waals surface area (Å²) in [4.78, 5) is 26.0. The molecule has 7 nitrogen and oxygen atoms in total. The van der Waals surface area contributed by atoms with E-state index >= 15 is 0 Å². The second kappa shape index (κ2) is 8.46. The fraction of sp³-hybridized carbons (Fsp3) is 0.476. The van der Waals surface area contributed by atoms with E-state index in [9.17, 15) is 14.7 Å². The highest BCUT2D eigenvalue weighted by molar-refractivity contribution is 5.88. The summed E-state index contributed by atoms with van der Waals surface area (Å²) >= 11 is 0. The number of carbonyl (C=O) groups excluding carboxylic acids is 1.